The number of nitrogens with zero attached hydrogens (tertiary/aromatic N) is 2. The molecule has 0 aromatic carbocycles. The maximum absolute atomic E-state index is 6.18. The van der Waals surface area contributed by atoms with Crippen LogP contribution in [0.25, 0.3) is 0 Å². The molecule has 1 fully saturated rings. The van der Waals surface area contributed by atoms with Crippen LogP contribution in [0.1, 0.15) is 31.9 Å². The molecule has 2 heterocycles. The topological polar surface area (TPSA) is 51.4 Å². The van der Waals surface area contributed by atoms with Gasteiger partial charge in [-0.25, -0.2) is 0 Å². The minimum atomic E-state index is 0.0743. The Morgan fingerprint density at radius 3 is 2.61 bits per heavy atom. The van der Waals surface area contributed by atoms with E-state index in [1.165, 1.54) is 5.56 Å². The number of hydrogen-bond donors (Lipinski definition) is 1. The van der Waals surface area contributed by atoms with Crippen LogP contribution in [0, 0.1) is 0 Å². The van der Waals surface area contributed by atoms with Gasteiger partial charge in [0.25, 0.3) is 0 Å². The van der Waals surface area contributed by atoms with E-state index < -0.39 is 0 Å². The van der Waals surface area contributed by atoms with Gasteiger partial charge in [-0.2, -0.15) is 0 Å². The quantitative estimate of drug-likeness (QED) is 0.880. The Morgan fingerprint density at radius 1 is 1.44 bits per heavy atom. The van der Waals surface area contributed by atoms with Crippen molar-refractivity contribution in [2.75, 3.05) is 13.7 Å². The summed E-state index contributed by atoms with van der Waals surface area (Å²) >= 11 is 0. The van der Waals surface area contributed by atoms with Crippen molar-refractivity contribution in [2.45, 2.75) is 44.5 Å². The van der Waals surface area contributed by atoms with E-state index in [1.807, 2.05) is 24.5 Å². The van der Waals surface area contributed by atoms with Crippen LogP contribution < -0.4 is 5.73 Å². The Kier molecular flexibility index (Phi) is 4.32. The fourth-order valence-corrected chi connectivity index (χ4v) is 2.93. The molecule has 0 aliphatic carbocycles. The van der Waals surface area contributed by atoms with E-state index in [2.05, 4.69) is 30.8 Å². The molecule has 2 N–H and O–H groups in total. The first-order valence-corrected chi connectivity index (χ1v) is 6.60. The van der Waals surface area contributed by atoms with E-state index in [9.17, 15) is 0 Å². The third kappa shape index (κ3) is 2.71. The maximum atomic E-state index is 6.18. The highest BCUT2D eigenvalue weighted by Gasteiger charge is 2.33. The normalized spacial score (nSPS) is 27.4. The van der Waals surface area contributed by atoms with Gasteiger partial charge in [-0.3, -0.25) is 9.88 Å². The number of hydrogen-bond acceptors (Lipinski definition) is 4. The number of aromatic nitrogens is 1. The summed E-state index contributed by atoms with van der Waals surface area (Å²) in [5.74, 6) is 0. The molecular weight excluding hydrogens is 226 g/mol. The fraction of sp³-hybridized carbons (Fsp3) is 0.643. The summed E-state index contributed by atoms with van der Waals surface area (Å²) in [4.78, 5) is 6.43. The van der Waals surface area contributed by atoms with Crippen LogP contribution in [0.15, 0.2) is 24.5 Å². The Hall–Kier alpha value is -0.970. The van der Waals surface area contributed by atoms with Crippen LogP contribution in [0.2, 0.25) is 0 Å². The van der Waals surface area contributed by atoms with Crippen LogP contribution in [-0.2, 0) is 4.74 Å². The molecule has 1 aromatic rings. The highest BCUT2D eigenvalue weighted by atomic mass is 16.5. The first-order valence-electron chi connectivity index (χ1n) is 6.60. The molecule has 0 amide bonds. The standard InChI is InChI=1S/C14H23N3O/c1-10(15)14(12-4-7-16-8-5-12)17(3)13-6-9-18-11(13)2/h4-5,7-8,10-11,13-14H,6,9,15H2,1-3H3. The van der Waals surface area contributed by atoms with Crippen LogP contribution in [0.3, 0.4) is 0 Å². The van der Waals surface area contributed by atoms with Crippen LogP contribution in [-0.4, -0.2) is 41.7 Å². The molecule has 4 unspecified atom stereocenters. The summed E-state index contributed by atoms with van der Waals surface area (Å²) in [7, 11) is 2.14. The summed E-state index contributed by atoms with van der Waals surface area (Å²) in [6.45, 7) is 5.04. The van der Waals surface area contributed by atoms with Gasteiger partial charge >= 0.3 is 0 Å². The summed E-state index contributed by atoms with van der Waals surface area (Å²) in [6.07, 6.45) is 5.00. The van der Waals surface area contributed by atoms with Gasteiger partial charge in [0.1, 0.15) is 0 Å². The lowest BCUT2D eigenvalue weighted by atomic mass is 9.97. The lowest BCUT2D eigenvalue weighted by molar-refractivity contribution is 0.0625. The van der Waals surface area contributed by atoms with Crippen molar-refractivity contribution in [1.29, 1.82) is 0 Å². The SMILES string of the molecule is CC(N)C(c1ccncc1)N(C)C1CCOC1C. The number of pyridine rings is 1. The number of rotatable bonds is 4. The van der Waals surface area contributed by atoms with Crippen LogP contribution in [0.5, 0.6) is 0 Å². The van der Waals surface area contributed by atoms with Crippen molar-refractivity contribution < 1.29 is 4.74 Å². The predicted octanol–water partition coefficient (Wildman–Crippen LogP) is 1.58. The highest BCUT2D eigenvalue weighted by Crippen LogP contribution is 2.29. The Morgan fingerprint density at radius 2 is 2.11 bits per heavy atom. The molecule has 0 bridgehead atoms. The second-order valence-electron chi connectivity index (χ2n) is 5.18. The van der Waals surface area contributed by atoms with Crippen LogP contribution in [0.4, 0.5) is 0 Å². The summed E-state index contributed by atoms with van der Waals surface area (Å²) in [5, 5.41) is 0. The maximum Gasteiger partial charge on any atom is 0.0703 e. The van der Waals surface area contributed by atoms with Gasteiger partial charge in [0, 0.05) is 37.1 Å². The molecular formula is C14H23N3O. The van der Waals surface area contributed by atoms with Crippen molar-refractivity contribution in [2.24, 2.45) is 5.73 Å². The number of likely N-dealkylation sites (N-methyl/N-ethyl adjacent to an activating group) is 1. The molecule has 0 radical (unpaired) electrons. The summed E-state index contributed by atoms with van der Waals surface area (Å²) in [6, 6.07) is 4.82. The van der Waals surface area contributed by atoms with E-state index in [4.69, 9.17) is 10.5 Å². The van der Waals surface area contributed by atoms with E-state index >= 15 is 0 Å². The lowest BCUT2D eigenvalue weighted by Crippen LogP contribution is -2.45. The zero-order chi connectivity index (χ0) is 13.1. The van der Waals surface area contributed by atoms with Crippen molar-refractivity contribution in [1.82, 2.24) is 9.88 Å². The number of nitrogens with two attached hydrogens (primary N) is 1. The second-order valence-corrected chi connectivity index (χ2v) is 5.18. The van der Waals surface area contributed by atoms with Gasteiger partial charge in [-0.15, -0.1) is 0 Å². The monoisotopic (exact) mass is 249 g/mol. The van der Waals surface area contributed by atoms with Crippen molar-refractivity contribution in [3.8, 4) is 0 Å². The zero-order valence-corrected chi connectivity index (χ0v) is 11.4. The Labute approximate surface area is 109 Å². The molecule has 2 rings (SSSR count). The lowest BCUT2D eigenvalue weighted by Gasteiger charge is -2.36. The van der Waals surface area contributed by atoms with Gasteiger partial charge in [-0.1, -0.05) is 0 Å². The first-order chi connectivity index (χ1) is 8.61. The van der Waals surface area contributed by atoms with Crippen molar-refractivity contribution in [3.63, 3.8) is 0 Å². The molecule has 1 aliphatic heterocycles. The van der Waals surface area contributed by atoms with Gasteiger partial charge in [0.2, 0.25) is 0 Å². The molecule has 1 saturated heterocycles. The Balaban J connectivity index is 2.20. The minimum absolute atomic E-state index is 0.0743. The average Bonchev–Trinajstić information content (AvgIpc) is 2.76. The van der Waals surface area contributed by atoms with Gasteiger partial charge < -0.3 is 10.5 Å². The smallest absolute Gasteiger partial charge is 0.0703 e. The molecule has 1 aromatic heterocycles. The van der Waals surface area contributed by atoms with Gasteiger partial charge in [-0.05, 0) is 45.0 Å². The van der Waals surface area contributed by atoms with Gasteiger partial charge in [0.15, 0.2) is 0 Å². The molecule has 100 valence electrons. The first kappa shape index (κ1) is 13.5. The average molecular weight is 249 g/mol. The molecule has 4 nitrogen and oxygen atoms in total. The second kappa shape index (κ2) is 5.78. The molecule has 18 heavy (non-hydrogen) atoms. The van der Waals surface area contributed by atoms with Gasteiger partial charge in [0.05, 0.1) is 6.10 Å². The highest BCUT2D eigenvalue weighted by molar-refractivity contribution is 5.17. The molecule has 4 atom stereocenters. The third-order valence-corrected chi connectivity index (χ3v) is 3.84. The van der Waals surface area contributed by atoms with E-state index in [-0.39, 0.29) is 18.2 Å². The third-order valence-electron chi connectivity index (χ3n) is 3.84. The van der Waals surface area contributed by atoms with E-state index in [0.29, 0.717) is 6.04 Å². The van der Waals surface area contributed by atoms with Crippen LogP contribution >= 0.6 is 0 Å². The van der Waals surface area contributed by atoms with Crippen molar-refractivity contribution in [3.05, 3.63) is 30.1 Å². The number of ether oxygens (including phenoxy) is 1. The van der Waals surface area contributed by atoms with Crippen molar-refractivity contribution >= 4 is 0 Å². The molecule has 4 heteroatoms. The summed E-state index contributed by atoms with van der Waals surface area (Å²) < 4.78 is 5.66. The van der Waals surface area contributed by atoms with E-state index in [1.54, 1.807) is 0 Å². The predicted molar refractivity (Wildman–Crippen MR) is 72.2 cm³/mol. The van der Waals surface area contributed by atoms with E-state index in [0.717, 1.165) is 13.0 Å². The Bertz CT molecular complexity index is 369. The minimum Gasteiger partial charge on any atom is -0.377 e. The molecule has 1 aliphatic rings. The zero-order valence-electron chi connectivity index (χ0n) is 11.4. The fourth-order valence-electron chi connectivity index (χ4n) is 2.93. The molecule has 0 spiro atoms. The molecule has 0 saturated carbocycles. The largest absolute Gasteiger partial charge is 0.377 e. The summed E-state index contributed by atoms with van der Waals surface area (Å²) in [5.41, 5.74) is 7.40.